The van der Waals surface area contributed by atoms with Crippen molar-refractivity contribution < 1.29 is 0 Å². The van der Waals surface area contributed by atoms with Crippen LogP contribution in [-0.4, -0.2) is 10.3 Å². The lowest BCUT2D eigenvalue weighted by Gasteiger charge is -2.26. The van der Waals surface area contributed by atoms with E-state index in [9.17, 15) is 0 Å². The molecule has 56 valence electrons. The summed E-state index contributed by atoms with van der Waals surface area (Å²) in [5.74, 6) is 0. The molecular formula is C7H9Cl2N. The van der Waals surface area contributed by atoms with Gasteiger partial charge in [0.1, 0.15) is 0 Å². The number of rotatable bonds is 0. The number of allylic oxidation sites excluding steroid dienone is 4. The fourth-order valence-electron chi connectivity index (χ4n) is 0.842. The zero-order chi connectivity index (χ0) is 7.78. The van der Waals surface area contributed by atoms with Gasteiger partial charge in [-0.25, -0.2) is 0 Å². The SMILES string of the molecule is CC1(Cl)C=CC=C(N)C1Cl. The second kappa shape index (κ2) is 2.48. The molecule has 0 spiro atoms. The molecule has 0 aromatic carbocycles. The number of nitrogens with two attached hydrogens (primary N) is 1. The van der Waals surface area contributed by atoms with E-state index < -0.39 is 4.87 Å². The molecule has 10 heavy (non-hydrogen) atoms. The molecule has 0 aromatic heterocycles. The third-order valence-corrected chi connectivity index (χ3v) is 2.66. The van der Waals surface area contributed by atoms with E-state index in [1.165, 1.54) is 0 Å². The topological polar surface area (TPSA) is 26.0 Å². The fourth-order valence-corrected chi connectivity index (χ4v) is 1.19. The van der Waals surface area contributed by atoms with Crippen LogP contribution >= 0.6 is 23.2 Å². The molecule has 0 bridgehead atoms. The van der Waals surface area contributed by atoms with Crippen LogP contribution in [0.5, 0.6) is 0 Å². The van der Waals surface area contributed by atoms with E-state index in [-0.39, 0.29) is 5.38 Å². The van der Waals surface area contributed by atoms with Crippen molar-refractivity contribution in [2.45, 2.75) is 17.2 Å². The summed E-state index contributed by atoms with van der Waals surface area (Å²) in [6.45, 7) is 1.84. The third-order valence-electron chi connectivity index (χ3n) is 1.50. The van der Waals surface area contributed by atoms with Gasteiger partial charge in [-0.1, -0.05) is 12.2 Å². The third kappa shape index (κ3) is 1.30. The molecule has 0 aromatic rings. The lowest BCUT2D eigenvalue weighted by molar-refractivity contribution is 0.752. The van der Waals surface area contributed by atoms with Gasteiger partial charge in [-0.15, -0.1) is 23.2 Å². The quantitative estimate of drug-likeness (QED) is 0.564. The molecule has 2 atom stereocenters. The lowest BCUT2D eigenvalue weighted by atomic mass is 9.99. The number of halogens is 2. The Balaban J connectivity index is 2.89. The van der Waals surface area contributed by atoms with Gasteiger partial charge in [0.15, 0.2) is 0 Å². The number of hydrogen-bond donors (Lipinski definition) is 1. The molecule has 0 heterocycles. The lowest BCUT2D eigenvalue weighted by Crippen LogP contribution is -2.33. The Morgan fingerprint density at radius 1 is 1.70 bits per heavy atom. The summed E-state index contributed by atoms with van der Waals surface area (Å²) in [4.78, 5) is -0.527. The van der Waals surface area contributed by atoms with Crippen LogP contribution in [0.25, 0.3) is 0 Å². The predicted octanol–water partition coefficient (Wildman–Crippen LogP) is 2.00. The Labute approximate surface area is 70.5 Å². The molecule has 0 radical (unpaired) electrons. The molecule has 1 rings (SSSR count). The van der Waals surface area contributed by atoms with E-state index in [1.54, 1.807) is 6.08 Å². The monoisotopic (exact) mass is 177 g/mol. The van der Waals surface area contributed by atoms with Crippen molar-refractivity contribution in [1.82, 2.24) is 0 Å². The summed E-state index contributed by atoms with van der Waals surface area (Å²) in [6, 6.07) is 0. The maximum absolute atomic E-state index is 5.98. The van der Waals surface area contributed by atoms with Crippen LogP contribution in [0.4, 0.5) is 0 Å². The first-order valence-electron chi connectivity index (χ1n) is 3.02. The van der Waals surface area contributed by atoms with Gasteiger partial charge in [0.25, 0.3) is 0 Å². The predicted molar refractivity (Wildman–Crippen MR) is 45.3 cm³/mol. The van der Waals surface area contributed by atoms with Crippen LogP contribution < -0.4 is 5.73 Å². The van der Waals surface area contributed by atoms with Crippen molar-refractivity contribution >= 4 is 23.2 Å². The van der Waals surface area contributed by atoms with E-state index in [4.69, 9.17) is 28.9 Å². The first-order valence-corrected chi connectivity index (χ1v) is 3.83. The summed E-state index contributed by atoms with van der Waals surface area (Å²) in [6.07, 6.45) is 5.42. The highest BCUT2D eigenvalue weighted by atomic mass is 35.5. The summed E-state index contributed by atoms with van der Waals surface area (Å²) < 4.78 is 0. The zero-order valence-corrected chi connectivity index (χ0v) is 7.15. The van der Waals surface area contributed by atoms with Gasteiger partial charge in [-0.05, 0) is 13.0 Å². The minimum atomic E-state index is -0.527. The Morgan fingerprint density at radius 2 is 2.30 bits per heavy atom. The van der Waals surface area contributed by atoms with Crippen LogP contribution in [-0.2, 0) is 0 Å². The molecule has 1 aliphatic carbocycles. The molecule has 3 heteroatoms. The van der Waals surface area contributed by atoms with E-state index >= 15 is 0 Å². The van der Waals surface area contributed by atoms with Crippen molar-refractivity contribution in [3.63, 3.8) is 0 Å². The van der Waals surface area contributed by atoms with Crippen molar-refractivity contribution in [1.29, 1.82) is 0 Å². The van der Waals surface area contributed by atoms with Crippen LogP contribution in [0.2, 0.25) is 0 Å². The maximum Gasteiger partial charge on any atom is 0.0953 e. The van der Waals surface area contributed by atoms with E-state index in [2.05, 4.69) is 0 Å². The highest BCUT2D eigenvalue weighted by Gasteiger charge is 2.31. The Kier molecular flexibility index (Phi) is 1.97. The van der Waals surface area contributed by atoms with Crippen LogP contribution in [0.3, 0.4) is 0 Å². The molecule has 0 aliphatic heterocycles. The van der Waals surface area contributed by atoms with Gasteiger partial charge in [-0.3, -0.25) is 0 Å². The fraction of sp³-hybridized carbons (Fsp3) is 0.429. The second-order valence-electron chi connectivity index (χ2n) is 2.54. The second-order valence-corrected chi connectivity index (χ2v) is 3.79. The largest absolute Gasteiger partial charge is 0.401 e. The standard InChI is InChI=1S/C7H9Cl2N/c1-7(9)4-2-3-5(10)6(7)8/h2-4,6H,10H2,1H3. The molecular weight excluding hydrogens is 169 g/mol. The summed E-state index contributed by atoms with van der Waals surface area (Å²) in [5.41, 5.74) is 6.17. The average molecular weight is 178 g/mol. The first-order chi connectivity index (χ1) is 4.54. The summed E-state index contributed by atoms with van der Waals surface area (Å²) in [7, 11) is 0. The van der Waals surface area contributed by atoms with E-state index in [0.29, 0.717) is 5.70 Å². The van der Waals surface area contributed by atoms with Gasteiger partial charge in [-0.2, -0.15) is 0 Å². The molecule has 1 aliphatic rings. The van der Waals surface area contributed by atoms with Gasteiger partial charge in [0.2, 0.25) is 0 Å². The van der Waals surface area contributed by atoms with Crippen molar-refractivity contribution in [3.8, 4) is 0 Å². The number of hydrogen-bond acceptors (Lipinski definition) is 1. The van der Waals surface area contributed by atoms with Gasteiger partial charge < -0.3 is 5.73 Å². The maximum atomic E-state index is 5.98. The van der Waals surface area contributed by atoms with E-state index in [1.807, 2.05) is 19.1 Å². The molecule has 2 N–H and O–H groups in total. The first kappa shape index (κ1) is 7.96. The zero-order valence-electron chi connectivity index (χ0n) is 5.64. The van der Waals surface area contributed by atoms with Crippen LogP contribution in [0.1, 0.15) is 6.92 Å². The molecule has 0 saturated heterocycles. The molecule has 0 saturated carbocycles. The molecule has 0 fully saturated rings. The normalized spacial score (nSPS) is 39.5. The minimum absolute atomic E-state index is 0.292. The Bertz CT molecular complexity index is 194. The molecule has 0 amide bonds. The van der Waals surface area contributed by atoms with Gasteiger partial charge in [0, 0.05) is 5.70 Å². The molecule has 2 unspecified atom stereocenters. The number of alkyl halides is 2. The highest BCUT2D eigenvalue weighted by Crippen LogP contribution is 2.31. The Hall–Kier alpha value is -0.140. The van der Waals surface area contributed by atoms with Crippen LogP contribution in [0.15, 0.2) is 23.9 Å². The van der Waals surface area contributed by atoms with Crippen molar-refractivity contribution in [3.05, 3.63) is 23.9 Å². The minimum Gasteiger partial charge on any atom is -0.401 e. The summed E-state index contributed by atoms with van der Waals surface area (Å²) >= 11 is 11.9. The van der Waals surface area contributed by atoms with Crippen molar-refractivity contribution in [2.75, 3.05) is 0 Å². The molecule has 1 nitrogen and oxygen atoms in total. The Morgan fingerprint density at radius 3 is 2.70 bits per heavy atom. The van der Waals surface area contributed by atoms with Gasteiger partial charge >= 0.3 is 0 Å². The van der Waals surface area contributed by atoms with Gasteiger partial charge in [0.05, 0.1) is 10.3 Å². The summed E-state index contributed by atoms with van der Waals surface area (Å²) in [5, 5.41) is -0.292. The van der Waals surface area contributed by atoms with E-state index in [0.717, 1.165) is 0 Å². The highest BCUT2D eigenvalue weighted by molar-refractivity contribution is 6.34. The van der Waals surface area contributed by atoms with Crippen molar-refractivity contribution in [2.24, 2.45) is 5.73 Å². The average Bonchev–Trinajstić information content (AvgIpc) is 1.83. The smallest absolute Gasteiger partial charge is 0.0953 e. The van der Waals surface area contributed by atoms with Crippen LogP contribution in [0, 0.1) is 0 Å².